The lowest BCUT2D eigenvalue weighted by Gasteiger charge is -1.99. The van der Waals surface area contributed by atoms with Crippen molar-refractivity contribution in [1.29, 1.82) is 5.41 Å². The van der Waals surface area contributed by atoms with Gasteiger partial charge in [-0.3, -0.25) is 5.41 Å². The Kier molecular flexibility index (Phi) is 2.05. The number of fused-ring (bicyclic) bond motifs is 1. The molecule has 7 nitrogen and oxygen atoms in total. The highest BCUT2D eigenvalue weighted by Gasteiger charge is 2.13. The van der Waals surface area contributed by atoms with Gasteiger partial charge in [0.2, 0.25) is 0 Å². The van der Waals surface area contributed by atoms with E-state index in [0.29, 0.717) is 11.0 Å². The number of hydrogen-bond acceptors (Lipinski definition) is 5. The summed E-state index contributed by atoms with van der Waals surface area (Å²) in [6.45, 7) is 0. The van der Waals surface area contributed by atoms with Gasteiger partial charge in [-0.15, -0.1) is 9.78 Å². The van der Waals surface area contributed by atoms with Crippen LogP contribution in [0.5, 0.6) is 0 Å². The van der Waals surface area contributed by atoms with Crippen molar-refractivity contribution in [2.75, 3.05) is 0 Å². The first-order chi connectivity index (χ1) is 7.18. The van der Waals surface area contributed by atoms with Gasteiger partial charge in [0.1, 0.15) is 11.0 Å². The number of aromatic nitrogens is 3. The van der Waals surface area contributed by atoms with E-state index >= 15 is 0 Å². The molecule has 0 unspecified atom stereocenters. The third-order valence-electron chi connectivity index (χ3n) is 1.72. The molecule has 0 bridgehead atoms. The predicted molar refractivity (Wildman–Crippen MR) is 51.3 cm³/mol. The summed E-state index contributed by atoms with van der Waals surface area (Å²) in [5.41, 5.74) is 5.99. The lowest BCUT2D eigenvalue weighted by molar-refractivity contribution is 0.195. The molecule has 2 aromatic rings. The third kappa shape index (κ3) is 1.62. The maximum absolute atomic E-state index is 11.3. The number of carbonyl (C=O) groups excluding carboxylic acids is 1. The molecule has 0 radical (unpaired) electrons. The minimum atomic E-state index is -0.851. The molecular weight excluding hydrogens is 198 g/mol. The Balaban J connectivity index is 2.44. The predicted octanol–water partition coefficient (Wildman–Crippen LogP) is 0.309. The molecule has 0 atom stereocenters. The fraction of sp³-hybridized carbons (Fsp3) is 0. The van der Waals surface area contributed by atoms with Crippen LogP contribution >= 0.6 is 0 Å². The second kappa shape index (κ2) is 3.37. The normalized spacial score (nSPS) is 10.1. The van der Waals surface area contributed by atoms with Crippen molar-refractivity contribution in [3.8, 4) is 0 Å². The molecule has 0 aliphatic carbocycles. The molecule has 0 aliphatic rings. The van der Waals surface area contributed by atoms with E-state index in [1.54, 1.807) is 24.3 Å². The van der Waals surface area contributed by atoms with Gasteiger partial charge in [-0.25, -0.2) is 4.79 Å². The summed E-state index contributed by atoms with van der Waals surface area (Å²) in [6.07, 6.45) is -0.851. The average Bonchev–Trinajstić information content (AvgIpc) is 2.59. The number of hydrogen-bond donors (Lipinski definition) is 2. The van der Waals surface area contributed by atoms with Gasteiger partial charge in [0.25, 0.3) is 6.02 Å². The van der Waals surface area contributed by atoms with Gasteiger partial charge in [-0.1, -0.05) is 17.3 Å². The Labute approximate surface area is 83.9 Å². The van der Waals surface area contributed by atoms with Crippen LogP contribution in [0.15, 0.2) is 24.3 Å². The van der Waals surface area contributed by atoms with Gasteiger partial charge in [0.05, 0.1) is 0 Å². The van der Waals surface area contributed by atoms with E-state index in [1.165, 1.54) is 0 Å². The highest BCUT2D eigenvalue weighted by Crippen LogP contribution is 2.09. The molecule has 76 valence electrons. The second-order valence-corrected chi connectivity index (χ2v) is 2.72. The van der Waals surface area contributed by atoms with E-state index in [0.717, 1.165) is 4.68 Å². The van der Waals surface area contributed by atoms with Crippen LogP contribution in [0.2, 0.25) is 0 Å². The van der Waals surface area contributed by atoms with Gasteiger partial charge < -0.3 is 10.5 Å². The third-order valence-corrected chi connectivity index (χ3v) is 1.72. The summed E-state index contributed by atoms with van der Waals surface area (Å²) < 4.78 is 5.33. The van der Waals surface area contributed by atoms with Crippen LogP contribution in [0.4, 0.5) is 4.79 Å². The summed E-state index contributed by atoms with van der Waals surface area (Å²) in [5, 5.41) is 14.1. The van der Waals surface area contributed by atoms with Crippen LogP contribution in [0.1, 0.15) is 0 Å². The first kappa shape index (κ1) is 9.13. The topological polar surface area (TPSA) is 107 Å². The zero-order valence-corrected chi connectivity index (χ0v) is 7.54. The first-order valence-corrected chi connectivity index (χ1v) is 4.05. The fourth-order valence-corrected chi connectivity index (χ4v) is 1.14. The van der Waals surface area contributed by atoms with Gasteiger partial charge in [0.15, 0.2) is 0 Å². The summed E-state index contributed by atoms with van der Waals surface area (Å²) in [6, 6.07) is 6.21. The largest absolute Gasteiger partial charge is 0.444 e. The number of benzene rings is 1. The quantitative estimate of drug-likeness (QED) is 0.475. The zero-order valence-electron chi connectivity index (χ0n) is 7.54. The van der Waals surface area contributed by atoms with E-state index in [1.807, 2.05) is 0 Å². The number of nitrogens with zero attached hydrogens (tertiary/aromatic N) is 3. The molecular formula is C8H7N5O2. The monoisotopic (exact) mass is 205 g/mol. The van der Waals surface area contributed by atoms with E-state index in [2.05, 4.69) is 15.0 Å². The Bertz CT molecular complexity index is 533. The molecule has 1 heterocycles. The SMILES string of the molecule is N=C(N)OC(=O)n1nnc2ccccc21. The molecule has 1 aromatic heterocycles. The van der Waals surface area contributed by atoms with Crippen LogP contribution in [0.3, 0.4) is 0 Å². The number of carbonyl (C=O) groups is 1. The van der Waals surface area contributed by atoms with Gasteiger partial charge >= 0.3 is 6.09 Å². The molecule has 0 saturated heterocycles. The number of rotatable bonds is 0. The zero-order chi connectivity index (χ0) is 10.8. The van der Waals surface area contributed by atoms with Crippen molar-refractivity contribution in [2.45, 2.75) is 0 Å². The Morgan fingerprint density at radius 3 is 2.93 bits per heavy atom. The maximum Gasteiger partial charge on any atom is 0.444 e. The maximum atomic E-state index is 11.3. The smallest absolute Gasteiger partial charge is 0.375 e. The Hall–Kier alpha value is -2.44. The van der Waals surface area contributed by atoms with Gasteiger partial charge in [-0.2, -0.15) is 0 Å². The molecule has 2 rings (SSSR count). The van der Waals surface area contributed by atoms with Crippen molar-refractivity contribution in [2.24, 2.45) is 5.73 Å². The van der Waals surface area contributed by atoms with Crippen LogP contribution < -0.4 is 5.73 Å². The minimum absolute atomic E-state index is 0.503. The van der Waals surface area contributed by atoms with Crippen LogP contribution in [0.25, 0.3) is 11.0 Å². The Morgan fingerprint density at radius 1 is 1.47 bits per heavy atom. The number of nitrogens with one attached hydrogen (secondary N) is 1. The molecule has 1 aromatic carbocycles. The number of ether oxygens (including phenoxy) is 1. The first-order valence-electron chi connectivity index (χ1n) is 4.05. The van der Waals surface area contributed by atoms with Gasteiger partial charge in [-0.05, 0) is 12.1 Å². The standard InChI is InChI=1S/C8H7N5O2/c9-7(10)15-8(14)13-6-4-2-1-3-5(6)11-12-13/h1-4H,(H3,9,10). The molecule has 3 N–H and O–H groups in total. The van der Waals surface area contributed by atoms with E-state index in [-0.39, 0.29) is 0 Å². The molecule has 0 saturated carbocycles. The molecule has 0 aliphatic heterocycles. The van der Waals surface area contributed by atoms with Crippen LogP contribution in [0, 0.1) is 5.41 Å². The number of para-hydroxylation sites is 1. The lowest BCUT2D eigenvalue weighted by Crippen LogP contribution is -2.24. The van der Waals surface area contributed by atoms with Crippen molar-refractivity contribution in [1.82, 2.24) is 15.0 Å². The van der Waals surface area contributed by atoms with Crippen molar-refractivity contribution in [3.63, 3.8) is 0 Å². The van der Waals surface area contributed by atoms with E-state index in [4.69, 9.17) is 11.1 Å². The summed E-state index contributed by atoms with van der Waals surface area (Å²) in [4.78, 5) is 11.3. The van der Waals surface area contributed by atoms with Crippen molar-refractivity contribution >= 4 is 23.1 Å². The molecule has 0 fully saturated rings. The minimum Gasteiger partial charge on any atom is -0.375 e. The molecule has 0 amide bonds. The molecule has 7 heteroatoms. The Morgan fingerprint density at radius 2 is 2.20 bits per heavy atom. The summed E-state index contributed by atoms with van der Waals surface area (Å²) in [5.74, 6) is 0. The average molecular weight is 205 g/mol. The fourth-order valence-electron chi connectivity index (χ4n) is 1.14. The van der Waals surface area contributed by atoms with Crippen LogP contribution in [-0.2, 0) is 4.74 Å². The van der Waals surface area contributed by atoms with Crippen molar-refractivity contribution < 1.29 is 9.53 Å². The van der Waals surface area contributed by atoms with E-state index in [9.17, 15) is 4.79 Å². The highest BCUT2D eigenvalue weighted by atomic mass is 16.6. The highest BCUT2D eigenvalue weighted by molar-refractivity contribution is 5.90. The molecule has 0 spiro atoms. The lowest BCUT2D eigenvalue weighted by atomic mass is 10.3. The van der Waals surface area contributed by atoms with Gasteiger partial charge in [0, 0.05) is 0 Å². The summed E-state index contributed by atoms with van der Waals surface area (Å²) >= 11 is 0. The van der Waals surface area contributed by atoms with Crippen LogP contribution in [-0.4, -0.2) is 27.1 Å². The number of amidine groups is 1. The van der Waals surface area contributed by atoms with Crippen molar-refractivity contribution in [3.05, 3.63) is 24.3 Å². The second-order valence-electron chi connectivity index (χ2n) is 2.72. The number of nitrogens with two attached hydrogens (primary N) is 1. The molecule has 15 heavy (non-hydrogen) atoms. The summed E-state index contributed by atoms with van der Waals surface area (Å²) in [7, 11) is 0. The van der Waals surface area contributed by atoms with E-state index < -0.39 is 12.1 Å².